The molecule has 0 heterocycles. The van der Waals surface area contributed by atoms with Gasteiger partial charge in [-0.05, 0) is 30.0 Å². The number of benzene rings is 1. The molecule has 1 aromatic carbocycles. The molecule has 1 unspecified atom stereocenters. The molecule has 3 heteroatoms. The van der Waals surface area contributed by atoms with E-state index in [1.54, 1.807) is 7.11 Å². The summed E-state index contributed by atoms with van der Waals surface area (Å²) in [6, 6.07) is 7.98. The molecule has 0 saturated carbocycles. The summed E-state index contributed by atoms with van der Waals surface area (Å²) >= 11 is 0. The van der Waals surface area contributed by atoms with E-state index in [-0.39, 0.29) is 17.9 Å². The Kier molecular flexibility index (Phi) is 5.87. The van der Waals surface area contributed by atoms with Gasteiger partial charge in [0.2, 0.25) is 5.91 Å². The molecule has 0 bridgehead atoms. The lowest BCUT2D eigenvalue weighted by atomic mass is 9.96. The van der Waals surface area contributed by atoms with Crippen molar-refractivity contribution in [2.45, 2.75) is 40.2 Å². The van der Waals surface area contributed by atoms with Gasteiger partial charge in [-0.1, -0.05) is 39.8 Å². The zero-order valence-electron chi connectivity index (χ0n) is 12.6. The largest absolute Gasteiger partial charge is 0.497 e. The van der Waals surface area contributed by atoms with E-state index in [0.717, 1.165) is 17.7 Å². The average Bonchev–Trinajstić information content (AvgIpc) is 2.37. The summed E-state index contributed by atoms with van der Waals surface area (Å²) in [5.74, 6) is 1.47. The standard InChI is InChI=1S/C16H25NO2/c1-11(2)10-15(17-16(18)12(3)4)13-6-8-14(19-5)9-7-13/h6-9,11-12,15H,10H2,1-5H3,(H,17,18). The van der Waals surface area contributed by atoms with Crippen molar-refractivity contribution in [3.8, 4) is 5.75 Å². The van der Waals surface area contributed by atoms with Crippen molar-refractivity contribution in [3.63, 3.8) is 0 Å². The fourth-order valence-electron chi connectivity index (χ4n) is 1.92. The second kappa shape index (κ2) is 7.17. The molecule has 0 aromatic heterocycles. The van der Waals surface area contributed by atoms with Crippen LogP contribution in [0.4, 0.5) is 0 Å². The van der Waals surface area contributed by atoms with Crippen LogP contribution in [0.25, 0.3) is 0 Å². The zero-order valence-corrected chi connectivity index (χ0v) is 12.6. The predicted octanol–water partition coefficient (Wildman–Crippen LogP) is 3.55. The van der Waals surface area contributed by atoms with Gasteiger partial charge in [0, 0.05) is 5.92 Å². The summed E-state index contributed by atoms with van der Waals surface area (Å²) in [7, 11) is 1.65. The third-order valence-corrected chi connectivity index (χ3v) is 3.07. The number of hydrogen-bond acceptors (Lipinski definition) is 2. The Morgan fingerprint density at radius 2 is 1.74 bits per heavy atom. The highest BCUT2D eigenvalue weighted by atomic mass is 16.5. The number of nitrogens with one attached hydrogen (secondary N) is 1. The first kappa shape index (κ1) is 15.5. The third kappa shape index (κ3) is 4.93. The van der Waals surface area contributed by atoms with Gasteiger partial charge >= 0.3 is 0 Å². The fraction of sp³-hybridized carbons (Fsp3) is 0.562. The minimum atomic E-state index is 0.00732. The first-order chi connectivity index (χ1) is 8.93. The van der Waals surface area contributed by atoms with Gasteiger partial charge in [0.05, 0.1) is 13.2 Å². The molecule has 0 aliphatic rings. The number of hydrogen-bond donors (Lipinski definition) is 1. The van der Waals surface area contributed by atoms with Crippen LogP contribution in [-0.4, -0.2) is 13.0 Å². The molecule has 1 N–H and O–H groups in total. The summed E-state index contributed by atoms with van der Waals surface area (Å²) in [5.41, 5.74) is 1.13. The normalized spacial score (nSPS) is 12.6. The van der Waals surface area contributed by atoms with Gasteiger partial charge < -0.3 is 10.1 Å². The zero-order chi connectivity index (χ0) is 14.4. The van der Waals surface area contributed by atoms with Crippen molar-refractivity contribution < 1.29 is 9.53 Å². The summed E-state index contributed by atoms with van der Waals surface area (Å²) in [6.07, 6.45) is 0.935. The Labute approximate surface area is 116 Å². The SMILES string of the molecule is COc1ccc(C(CC(C)C)NC(=O)C(C)C)cc1. The van der Waals surface area contributed by atoms with Gasteiger partial charge in [0.15, 0.2) is 0 Å². The number of carbonyl (C=O) groups excluding carboxylic acids is 1. The maximum absolute atomic E-state index is 11.9. The monoisotopic (exact) mass is 263 g/mol. The van der Waals surface area contributed by atoms with Crippen LogP contribution in [0.2, 0.25) is 0 Å². The lowest BCUT2D eigenvalue weighted by molar-refractivity contribution is -0.124. The van der Waals surface area contributed by atoms with Crippen LogP contribution in [0.3, 0.4) is 0 Å². The predicted molar refractivity (Wildman–Crippen MR) is 78.2 cm³/mol. The smallest absolute Gasteiger partial charge is 0.223 e. The van der Waals surface area contributed by atoms with Crippen molar-refractivity contribution in [2.75, 3.05) is 7.11 Å². The second-order valence-corrected chi connectivity index (χ2v) is 5.62. The summed E-state index contributed by atoms with van der Waals surface area (Å²) < 4.78 is 5.16. The molecule has 1 aromatic rings. The van der Waals surface area contributed by atoms with Crippen LogP contribution >= 0.6 is 0 Å². The molecule has 1 atom stereocenters. The maximum Gasteiger partial charge on any atom is 0.223 e. The van der Waals surface area contributed by atoms with Gasteiger partial charge in [0.1, 0.15) is 5.75 Å². The summed E-state index contributed by atoms with van der Waals surface area (Å²) in [5, 5.41) is 3.12. The Bertz CT molecular complexity index is 396. The quantitative estimate of drug-likeness (QED) is 0.852. The van der Waals surface area contributed by atoms with Crippen LogP contribution in [0.1, 0.15) is 45.7 Å². The molecule has 1 rings (SSSR count). The molecule has 19 heavy (non-hydrogen) atoms. The molecule has 0 fully saturated rings. The summed E-state index contributed by atoms with van der Waals surface area (Å²) in [4.78, 5) is 11.9. The van der Waals surface area contributed by atoms with E-state index in [1.165, 1.54) is 0 Å². The maximum atomic E-state index is 11.9. The third-order valence-electron chi connectivity index (χ3n) is 3.07. The number of rotatable bonds is 6. The van der Waals surface area contributed by atoms with E-state index >= 15 is 0 Å². The Hall–Kier alpha value is -1.51. The molecule has 3 nitrogen and oxygen atoms in total. The molecule has 0 radical (unpaired) electrons. The molecule has 1 amide bonds. The molecular formula is C16H25NO2. The Morgan fingerprint density at radius 3 is 2.16 bits per heavy atom. The van der Waals surface area contributed by atoms with Crippen LogP contribution < -0.4 is 10.1 Å². The lowest BCUT2D eigenvalue weighted by Crippen LogP contribution is -2.32. The summed E-state index contributed by atoms with van der Waals surface area (Å²) in [6.45, 7) is 8.15. The van der Waals surface area contributed by atoms with Crippen molar-refractivity contribution in [2.24, 2.45) is 11.8 Å². The first-order valence-corrected chi connectivity index (χ1v) is 6.88. The number of amides is 1. The van der Waals surface area contributed by atoms with Crippen molar-refractivity contribution >= 4 is 5.91 Å². The number of carbonyl (C=O) groups is 1. The Morgan fingerprint density at radius 1 is 1.16 bits per heavy atom. The molecular weight excluding hydrogens is 238 g/mol. The van der Waals surface area contributed by atoms with Crippen molar-refractivity contribution in [1.82, 2.24) is 5.32 Å². The average molecular weight is 263 g/mol. The van der Waals surface area contributed by atoms with E-state index in [4.69, 9.17) is 4.74 Å². The fourth-order valence-corrected chi connectivity index (χ4v) is 1.92. The molecule has 0 saturated heterocycles. The van der Waals surface area contributed by atoms with E-state index in [2.05, 4.69) is 19.2 Å². The topological polar surface area (TPSA) is 38.3 Å². The van der Waals surface area contributed by atoms with E-state index in [0.29, 0.717) is 5.92 Å². The molecule has 0 aliphatic carbocycles. The van der Waals surface area contributed by atoms with Crippen LogP contribution in [0.5, 0.6) is 5.75 Å². The van der Waals surface area contributed by atoms with Gasteiger partial charge in [-0.25, -0.2) is 0 Å². The lowest BCUT2D eigenvalue weighted by Gasteiger charge is -2.22. The van der Waals surface area contributed by atoms with Crippen LogP contribution in [-0.2, 0) is 4.79 Å². The second-order valence-electron chi connectivity index (χ2n) is 5.62. The number of ether oxygens (including phenoxy) is 1. The van der Waals surface area contributed by atoms with Crippen molar-refractivity contribution in [3.05, 3.63) is 29.8 Å². The van der Waals surface area contributed by atoms with Gasteiger partial charge in [-0.3, -0.25) is 4.79 Å². The van der Waals surface area contributed by atoms with Crippen LogP contribution in [0.15, 0.2) is 24.3 Å². The highest BCUT2D eigenvalue weighted by Crippen LogP contribution is 2.23. The highest BCUT2D eigenvalue weighted by Gasteiger charge is 2.17. The molecule has 106 valence electrons. The molecule has 0 aliphatic heterocycles. The van der Waals surface area contributed by atoms with E-state index in [9.17, 15) is 4.79 Å². The highest BCUT2D eigenvalue weighted by molar-refractivity contribution is 5.78. The van der Waals surface area contributed by atoms with Gasteiger partial charge in [0.25, 0.3) is 0 Å². The van der Waals surface area contributed by atoms with Crippen molar-refractivity contribution in [1.29, 1.82) is 0 Å². The number of methoxy groups -OCH3 is 1. The minimum absolute atomic E-state index is 0.00732. The first-order valence-electron chi connectivity index (χ1n) is 6.88. The molecule has 0 spiro atoms. The van der Waals surface area contributed by atoms with Crippen LogP contribution in [0, 0.1) is 11.8 Å². The Balaban J connectivity index is 2.85. The van der Waals surface area contributed by atoms with E-state index in [1.807, 2.05) is 38.1 Å². The van der Waals surface area contributed by atoms with E-state index < -0.39 is 0 Å². The van der Waals surface area contributed by atoms with Gasteiger partial charge in [-0.15, -0.1) is 0 Å². The van der Waals surface area contributed by atoms with Gasteiger partial charge in [-0.2, -0.15) is 0 Å². The minimum Gasteiger partial charge on any atom is -0.497 e.